The predicted molar refractivity (Wildman–Crippen MR) is 125 cm³/mol. The smallest absolute Gasteiger partial charge is 0.261 e. The van der Waals surface area contributed by atoms with E-state index < -0.39 is 0 Å². The van der Waals surface area contributed by atoms with Crippen LogP contribution in [0.1, 0.15) is 112 Å². The van der Waals surface area contributed by atoms with Crippen LogP contribution in [0.3, 0.4) is 0 Å². The molecule has 0 unspecified atom stereocenters. The molecule has 0 fully saturated rings. The molecule has 1 aliphatic heterocycles. The Labute approximate surface area is 184 Å². The van der Waals surface area contributed by atoms with E-state index in [9.17, 15) is 9.59 Å². The zero-order chi connectivity index (χ0) is 21.6. The molecule has 4 heteroatoms. The van der Waals surface area contributed by atoms with Crippen molar-refractivity contribution in [1.29, 1.82) is 0 Å². The highest BCUT2D eigenvalue weighted by atomic mass is 16.2. The van der Waals surface area contributed by atoms with Gasteiger partial charge in [0.25, 0.3) is 11.8 Å². The Hall–Kier alpha value is -1.68. The molecule has 2 amide bonds. The second-order valence-electron chi connectivity index (χ2n) is 8.68. The first-order chi connectivity index (χ1) is 14.7. The van der Waals surface area contributed by atoms with Gasteiger partial charge in [0.15, 0.2) is 0 Å². The Morgan fingerprint density at radius 1 is 0.633 bits per heavy atom. The predicted octanol–water partition coefficient (Wildman–Crippen LogP) is 6.31. The molecule has 168 valence electrons. The molecule has 1 aromatic rings. The van der Waals surface area contributed by atoms with Gasteiger partial charge in [-0.2, -0.15) is 0 Å². The minimum Gasteiger partial charge on any atom is -0.302 e. The van der Waals surface area contributed by atoms with Crippen molar-refractivity contribution >= 4 is 11.8 Å². The zero-order valence-electron chi connectivity index (χ0n) is 19.3. The Morgan fingerprint density at radius 2 is 1.07 bits per heavy atom. The van der Waals surface area contributed by atoms with Crippen molar-refractivity contribution < 1.29 is 9.59 Å². The molecule has 0 atom stereocenters. The fourth-order valence-electron chi connectivity index (χ4n) is 4.25. The maximum atomic E-state index is 12.6. The maximum Gasteiger partial charge on any atom is 0.261 e. The molecule has 0 saturated heterocycles. The van der Waals surface area contributed by atoms with Crippen LogP contribution in [0.25, 0.3) is 0 Å². The second-order valence-corrected chi connectivity index (χ2v) is 8.68. The van der Waals surface area contributed by atoms with Crippen molar-refractivity contribution in [2.75, 3.05) is 26.2 Å². The number of hydrogen-bond acceptors (Lipinski definition) is 3. The molecule has 0 saturated carbocycles. The Bertz CT molecular complexity index is 593. The van der Waals surface area contributed by atoms with Gasteiger partial charge in [0, 0.05) is 13.1 Å². The summed E-state index contributed by atoms with van der Waals surface area (Å²) in [5.74, 6) is -0.260. The zero-order valence-corrected chi connectivity index (χ0v) is 19.3. The van der Waals surface area contributed by atoms with Crippen molar-refractivity contribution in [2.45, 2.75) is 90.9 Å². The van der Waals surface area contributed by atoms with Crippen molar-refractivity contribution in [3.8, 4) is 0 Å². The molecular weight excluding hydrogens is 372 g/mol. The summed E-state index contributed by atoms with van der Waals surface area (Å²) in [6, 6.07) is 7.19. The van der Waals surface area contributed by atoms with E-state index in [4.69, 9.17) is 0 Å². The molecule has 1 aromatic carbocycles. The van der Waals surface area contributed by atoms with E-state index in [-0.39, 0.29) is 11.8 Å². The third-order valence-corrected chi connectivity index (χ3v) is 6.17. The largest absolute Gasteiger partial charge is 0.302 e. The van der Waals surface area contributed by atoms with E-state index in [1.807, 2.05) is 12.1 Å². The lowest BCUT2D eigenvalue weighted by atomic mass is 10.1. The van der Waals surface area contributed by atoms with E-state index in [0.29, 0.717) is 17.7 Å². The third kappa shape index (κ3) is 7.86. The Balaban J connectivity index is 1.79. The lowest BCUT2D eigenvalue weighted by Crippen LogP contribution is -2.39. The summed E-state index contributed by atoms with van der Waals surface area (Å²) >= 11 is 0. The quantitative estimate of drug-likeness (QED) is 0.222. The highest BCUT2D eigenvalue weighted by Gasteiger charge is 2.34. The molecule has 0 radical (unpaired) electrons. The fourth-order valence-corrected chi connectivity index (χ4v) is 4.25. The van der Waals surface area contributed by atoms with Crippen LogP contribution >= 0.6 is 0 Å². The fraction of sp³-hybridized carbons (Fsp3) is 0.692. The van der Waals surface area contributed by atoms with E-state index in [1.165, 1.54) is 81.9 Å². The monoisotopic (exact) mass is 414 g/mol. The van der Waals surface area contributed by atoms with Crippen molar-refractivity contribution in [3.63, 3.8) is 0 Å². The van der Waals surface area contributed by atoms with E-state index >= 15 is 0 Å². The molecular formula is C26H42N2O2. The van der Waals surface area contributed by atoms with E-state index in [0.717, 1.165) is 19.6 Å². The van der Waals surface area contributed by atoms with Gasteiger partial charge in [-0.25, -0.2) is 0 Å². The SMILES string of the molecule is CCCCCCCCN(CCCCCCCC)CCN1C(=O)c2ccccc2C1=O. The first-order valence-electron chi connectivity index (χ1n) is 12.4. The van der Waals surface area contributed by atoms with E-state index in [1.54, 1.807) is 12.1 Å². The van der Waals surface area contributed by atoms with Gasteiger partial charge >= 0.3 is 0 Å². The highest BCUT2D eigenvalue weighted by Crippen LogP contribution is 2.22. The van der Waals surface area contributed by atoms with Gasteiger partial charge in [-0.3, -0.25) is 14.5 Å². The lowest BCUT2D eigenvalue weighted by Gasteiger charge is -2.25. The van der Waals surface area contributed by atoms with Crippen LogP contribution in [0.2, 0.25) is 0 Å². The summed E-state index contributed by atoms with van der Waals surface area (Å²) < 4.78 is 0. The number of amides is 2. The molecule has 0 bridgehead atoms. The lowest BCUT2D eigenvalue weighted by molar-refractivity contribution is 0.0635. The van der Waals surface area contributed by atoms with Gasteiger partial charge in [-0.15, -0.1) is 0 Å². The number of carbonyl (C=O) groups is 2. The van der Waals surface area contributed by atoms with Gasteiger partial charge in [0.05, 0.1) is 11.1 Å². The summed E-state index contributed by atoms with van der Waals surface area (Å²) in [5.41, 5.74) is 1.11. The maximum absolute atomic E-state index is 12.6. The van der Waals surface area contributed by atoms with Crippen LogP contribution in [0.4, 0.5) is 0 Å². The summed E-state index contributed by atoms with van der Waals surface area (Å²) in [6.07, 6.45) is 15.5. The molecule has 0 aliphatic carbocycles. The second kappa shape index (κ2) is 14.3. The van der Waals surface area contributed by atoms with Gasteiger partial charge in [0.2, 0.25) is 0 Å². The van der Waals surface area contributed by atoms with E-state index in [2.05, 4.69) is 18.7 Å². The summed E-state index contributed by atoms with van der Waals surface area (Å²) in [7, 11) is 0. The van der Waals surface area contributed by atoms with Crippen LogP contribution in [-0.2, 0) is 0 Å². The Kier molecular flexibility index (Phi) is 11.8. The number of benzene rings is 1. The minimum absolute atomic E-state index is 0.130. The molecule has 0 aromatic heterocycles. The number of imide groups is 1. The van der Waals surface area contributed by atoms with Crippen molar-refractivity contribution in [1.82, 2.24) is 9.80 Å². The molecule has 0 spiro atoms. The standard InChI is InChI=1S/C26H42N2O2/c1-3-5-7-9-11-15-19-27(20-16-12-10-8-6-4-2)21-22-28-25(29)23-17-13-14-18-24(23)26(28)30/h13-14,17-18H,3-12,15-16,19-22H2,1-2H3. The van der Waals surface area contributed by atoms with Crippen LogP contribution in [0, 0.1) is 0 Å². The number of nitrogens with zero attached hydrogens (tertiary/aromatic N) is 2. The number of fused-ring (bicyclic) bond motifs is 1. The minimum atomic E-state index is -0.130. The number of unbranched alkanes of at least 4 members (excludes halogenated alkanes) is 10. The van der Waals surface area contributed by atoms with Crippen LogP contribution < -0.4 is 0 Å². The van der Waals surface area contributed by atoms with Crippen LogP contribution in [-0.4, -0.2) is 47.8 Å². The number of hydrogen-bond donors (Lipinski definition) is 0. The van der Waals surface area contributed by atoms with Gasteiger partial charge in [-0.1, -0.05) is 90.2 Å². The third-order valence-electron chi connectivity index (χ3n) is 6.17. The first kappa shape index (κ1) is 24.6. The summed E-state index contributed by atoms with van der Waals surface area (Å²) in [5, 5.41) is 0. The number of rotatable bonds is 17. The van der Waals surface area contributed by atoms with Crippen molar-refractivity contribution in [3.05, 3.63) is 35.4 Å². The summed E-state index contributed by atoms with van der Waals surface area (Å²) in [4.78, 5) is 29.2. The van der Waals surface area contributed by atoms with Crippen molar-refractivity contribution in [2.24, 2.45) is 0 Å². The number of carbonyl (C=O) groups excluding carboxylic acids is 2. The average Bonchev–Trinajstić information content (AvgIpc) is 3.01. The highest BCUT2D eigenvalue weighted by molar-refractivity contribution is 6.21. The Morgan fingerprint density at radius 3 is 1.53 bits per heavy atom. The molecule has 30 heavy (non-hydrogen) atoms. The molecule has 2 rings (SSSR count). The normalized spacial score (nSPS) is 13.5. The first-order valence-corrected chi connectivity index (χ1v) is 12.4. The van der Waals surface area contributed by atoms with Crippen LogP contribution in [0.5, 0.6) is 0 Å². The molecule has 0 N–H and O–H groups in total. The topological polar surface area (TPSA) is 40.6 Å². The average molecular weight is 415 g/mol. The van der Waals surface area contributed by atoms with Crippen LogP contribution in [0.15, 0.2) is 24.3 Å². The molecule has 1 aliphatic rings. The molecule has 1 heterocycles. The summed E-state index contributed by atoms with van der Waals surface area (Å²) in [6.45, 7) is 7.94. The van der Waals surface area contributed by atoms with Gasteiger partial charge < -0.3 is 4.90 Å². The van der Waals surface area contributed by atoms with Gasteiger partial charge in [0.1, 0.15) is 0 Å². The molecule has 4 nitrogen and oxygen atoms in total. The van der Waals surface area contributed by atoms with Gasteiger partial charge in [-0.05, 0) is 38.1 Å².